The van der Waals surface area contributed by atoms with Crippen molar-refractivity contribution in [2.45, 2.75) is 70.4 Å². The minimum Gasteiger partial charge on any atom is -0.353 e. The summed E-state index contributed by atoms with van der Waals surface area (Å²) in [5.41, 5.74) is 0.455. The fourth-order valence-electron chi connectivity index (χ4n) is 3.46. The standard InChI is InChI=1S/C19H26N4O2/c24-18(20-15-9-4-2-1-3-5-10-15)13-8-14-23-19(25)16-11-6-7-12-17(16)21-22-23/h6-7,11-12,15H,1-5,8-10,13-14H2,(H,20,24). The van der Waals surface area contributed by atoms with E-state index < -0.39 is 0 Å². The normalized spacial score (nSPS) is 16.3. The van der Waals surface area contributed by atoms with E-state index in [1.807, 2.05) is 12.1 Å². The summed E-state index contributed by atoms with van der Waals surface area (Å²) in [6.45, 7) is 0.411. The molecule has 6 nitrogen and oxygen atoms in total. The number of fused-ring (bicyclic) bond motifs is 1. The summed E-state index contributed by atoms with van der Waals surface area (Å²) in [5.74, 6) is 0.0763. The van der Waals surface area contributed by atoms with Crippen molar-refractivity contribution in [3.8, 4) is 0 Å². The molecule has 1 saturated carbocycles. The Morgan fingerprint density at radius 1 is 1.12 bits per heavy atom. The Kier molecular flexibility index (Phi) is 6.14. The van der Waals surface area contributed by atoms with E-state index in [1.54, 1.807) is 12.1 Å². The van der Waals surface area contributed by atoms with Gasteiger partial charge in [0, 0.05) is 19.0 Å². The quantitative estimate of drug-likeness (QED) is 0.906. The molecular formula is C19H26N4O2. The lowest BCUT2D eigenvalue weighted by Gasteiger charge is -2.21. The van der Waals surface area contributed by atoms with Gasteiger partial charge in [0.05, 0.1) is 5.39 Å². The molecule has 1 heterocycles. The van der Waals surface area contributed by atoms with E-state index >= 15 is 0 Å². The Labute approximate surface area is 147 Å². The lowest BCUT2D eigenvalue weighted by molar-refractivity contribution is -0.122. The maximum absolute atomic E-state index is 12.4. The summed E-state index contributed by atoms with van der Waals surface area (Å²) < 4.78 is 1.35. The highest BCUT2D eigenvalue weighted by molar-refractivity contribution is 5.77. The molecule has 134 valence electrons. The highest BCUT2D eigenvalue weighted by atomic mass is 16.1. The number of carbonyl (C=O) groups is 1. The van der Waals surface area contributed by atoms with Gasteiger partial charge in [-0.25, -0.2) is 4.68 Å². The third-order valence-corrected chi connectivity index (χ3v) is 4.87. The van der Waals surface area contributed by atoms with Crippen molar-refractivity contribution < 1.29 is 4.79 Å². The summed E-state index contributed by atoms with van der Waals surface area (Å²) in [6, 6.07) is 7.50. The van der Waals surface area contributed by atoms with Crippen molar-refractivity contribution in [1.82, 2.24) is 20.3 Å². The SMILES string of the molecule is O=C(CCCn1nnc2ccccc2c1=O)NC1CCCCCCC1. The molecular weight excluding hydrogens is 316 g/mol. The van der Waals surface area contributed by atoms with Crippen LogP contribution < -0.4 is 10.9 Å². The summed E-state index contributed by atoms with van der Waals surface area (Å²) >= 11 is 0. The fourth-order valence-corrected chi connectivity index (χ4v) is 3.46. The molecule has 6 heteroatoms. The molecule has 0 atom stereocenters. The smallest absolute Gasteiger partial charge is 0.277 e. The van der Waals surface area contributed by atoms with Crippen LogP contribution in [0.5, 0.6) is 0 Å². The first-order valence-corrected chi connectivity index (χ1v) is 9.36. The number of amides is 1. The third kappa shape index (κ3) is 4.87. The van der Waals surface area contributed by atoms with Gasteiger partial charge in [0.15, 0.2) is 0 Å². The highest BCUT2D eigenvalue weighted by Gasteiger charge is 2.14. The molecule has 0 bridgehead atoms. The fraction of sp³-hybridized carbons (Fsp3) is 0.579. The number of rotatable bonds is 5. The van der Waals surface area contributed by atoms with Crippen molar-refractivity contribution in [2.75, 3.05) is 0 Å². The van der Waals surface area contributed by atoms with E-state index in [1.165, 1.54) is 36.8 Å². The van der Waals surface area contributed by atoms with E-state index in [-0.39, 0.29) is 11.5 Å². The zero-order valence-corrected chi connectivity index (χ0v) is 14.6. The topological polar surface area (TPSA) is 76.9 Å². The Balaban J connectivity index is 1.50. The van der Waals surface area contributed by atoms with Gasteiger partial charge in [-0.2, -0.15) is 0 Å². The monoisotopic (exact) mass is 342 g/mol. The van der Waals surface area contributed by atoms with E-state index in [4.69, 9.17) is 0 Å². The van der Waals surface area contributed by atoms with Crippen molar-refractivity contribution in [3.63, 3.8) is 0 Å². The first-order valence-electron chi connectivity index (χ1n) is 9.36. The number of aryl methyl sites for hydroxylation is 1. The lowest BCUT2D eigenvalue weighted by atomic mass is 9.96. The van der Waals surface area contributed by atoms with Gasteiger partial charge in [-0.05, 0) is 31.4 Å². The largest absolute Gasteiger partial charge is 0.353 e. The van der Waals surface area contributed by atoms with Crippen LogP contribution in [0.4, 0.5) is 0 Å². The van der Waals surface area contributed by atoms with Crippen LogP contribution >= 0.6 is 0 Å². The molecule has 1 fully saturated rings. The van der Waals surface area contributed by atoms with Gasteiger partial charge in [-0.3, -0.25) is 9.59 Å². The number of hydrogen-bond donors (Lipinski definition) is 1. The first kappa shape index (κ1) is 17.6. The second kappa shape index (κ2) is 8.74. The molecule has 0 aliphatic heterocycles. The Hall–Kier alpha value is -2.24. The van der Waals surface area contributed by atoms with Gasteiger partial charge in [-0.15, -0.1) is 5.10 Å². The number of aromatic nitrogens is 3. The summed E-state index contributed by atoms with van der Waals surface area (Å²) in [4.78, 5) is 24.5. The molecule has 1 amide bonds. The van der Waals surface area contributed by atoms with Gasteiger partial charge in [0.2, 0.25) is 5.91 Å². The minimum atomic E-state index is -0.147. The molecule has 0 unspecified atom stereocenters. The van der Waals surface area contributed by atoms with Crippen LogP contribution in [0.15, 0.2) is 29.1 Å². The van der Waals surface area contributed by atoms with Crippen LogP contribution in [-0.4, -0.2) is 26.9 Å². The van der Waals surface area contributed by atoms with Crippen LogP contribution in [-0.2, 0) is 11.3 Å². The molecule has 3 rings (SSSR count). The Morgan fingerprint density at radius 2 is 1.84 bits per heavy atom. The van der Waals surface area contributed by atoms with E-state index in [2.05, 4.69) is 15.6 Å². The van der Waals surface area contributed by atoms with E-state index in [0.29, 0.717) is 36.3 Å². The van der Waals surface area contributed by atoms with Crippen LogP contribution in [0.3, 0.4) is 0 Å². The van der Waals surface area contributed by atoms with E-state index in [9.17, 15) is 9.59 Å². The Morgan fingerprint density at radius 3 is 2.64 bits per heavy atom. The first-order chi connectivity index (χ1) is 12.2. The lowest BCUT2D eigenvalue weighted by Crippen LogP contribution is -2.35. The molecule has 1 aromatic carbocycles. The number of nitrogens with one attached hydrogen (secondary N) is 1. The number of nitrogens with zero attached hydrogens (tertiary/aromatic N) is 3. The Bertz CT molecular complexity index is 763. The maximum Gasteiger partial charge on any atom is 0.277 e. The van der Waals surface area contributed by atoms with Gasteiger partial charge in [0.1, 0.15) is 5.52 Å². The second-order valence-electron chi connectivity index (χ2n) is 6.85. The average molecular weight is 342 g/mol. The number of carbonyl (C=O) groups excluding carboxylic acids is 1. The average Bonchev–Trinajstić information content (AvgIpc) is 2.59. The van der Waals surface area contributed by atoms with Gasteiger partial charge < -0.3 is 5.32 Å². The predicted octanol–water partition coefficient (Wildman–Crippen LogP) is 2.80. The third-order valence-electron chi connectivity index (χ3n) is 4.87. The molecule has 0 radical (unpaired) electrons. The molecule has 1 N–H and O–H groups in total. The van der Waals surface area contributed by atoms with E-state index in [0.717, 1.165) is 12.8 Å². The molecule has 2 aromatic rings. The zero-order valence-electron chi connectivity index (χ0n) is 14.6. The van der Waals surface area contributed by atoms with Crippen LogP contribution in [0.2, 0.25) is 0 Å². The van der Waals surface area contributed by atoms with Gasteiger partial charge >= 0.3 is 0 Å². The summed E-state index contributed by atoms with van der Waals surface area (Å²) in [7, 11) is 0. The number of benzene rings is 1. The van der Waals surface area contributed by atoms with Crippen LogP contribution in [0.1, 0.15) is 57.8 Å². The van der Waals surface area contributed by atoms with Crippen molar-refractivity contribution in [1.29, 1.82) is 0 Å². The predicted molar refractivity (Wildman–Crippen MR) is 97.3 cm³/mol. The van der Waals surface area contributed by atoms with Gasteiger partial charge in [0.25, 0.3) is 5.56 Å². The van der Waals surface area contributed by atoms with Crippen molar-refractivity contribution in [2.24, 2.45) is 0 Å². The molecule has 1 aromatic heterocycles. The van der Waals surface area contributed by atoms with Crippen molar-refractivity contribution in [3.05, 3.63) is 34.6 Å². The van der Waals surface area contributed by atoms with Crippen LogP contribution in [0.25, 0.3) is 10.9 Å². The zero-order chi connectivity index (χ0) is 17.5. The highest BCUT2D eigenvalue weighted by Crippen LogP contribution is 2.17. The number of hydrogen-bond acceptors (Lipinski definition) is 4. The molecule has 1 aliphatic carbocycles. The summed E-state index contributed by atoms with van der Waals surface area (Å²) in [6.07, 6.45) is 9.44. The maximum atomic E-state index is 12.4. The molecule has 0 saturated heterocycles. The molecule has 25 heavy (non-hydrogen) atoms. The molecule has 1 aliphatic rings. The summed E-state index contributed by atoms with van der Waals surface area (Å²) in [5, 5.41) is 11.8. The van der Waals surface area contributed by atoms with Gasteiger partial charge in [-0.1, -0.05) is 49.5 Å². The minimum absolute atomic E-state index is 0.0763. The second-order valence-corrected chi connectivity index (χ2v) is 6.85. The van der Waals surface area contributed by atoms with Crippen LogP contribution in [0, 0.1) is 0 Å². The van der Waals surface area contributed by atoms with Crippen molar-refractivity contribution >= 4 is 16.8 Å². The molecule has 0 spiro atoms.